The van der Waals surface area contributed by atoms with Gasteiger partial charge in [0.15, 0.2) is 11.0 Å². The first-order valence-corrected chi connectivity index (χ1v) is 16.0. The average Bonchev–Trinajstić information content (AvgIpc) is 3.68. The van der Waals surface area contributed by atoms with Crippen LogP contribution in [-0.4, -0.2) is 44.1 Å². The van der Waals surface area contributed by atoms with Gasteiger partial charge in [0, 0.05) is 28.7 Å². The summed E-state index contributed by atoms with van der Waals surface area (Å²) < 4.78 is 42.8. The fourth-order valence-electron chi connectivity index (χ4n) is 5.88. The summed E-state index contributed by atoms with van der Waals surface area (Å²) in [6, 6.07) is 19.3. The summed E-state index contributed by atoms with van der Waals surface area (Å²) in [4.78, 5) is 24.4. The number of para-hydroxylation sites is 1. The largest absolute Gasteiger partial charge is 0.573 e. The highest BCUT2D eigenvalue weighted by Gasteiger charge is 2.31. The summed E-state index contributed by atoms with van der Waals surface area (Å²) in [5.41, 5.74) is 7.72. The van der Waals surface area contributed by atoms with Gasteiger partial charge < -0.3 is 15.0 Å². The Kier molecular flexibility index (Phi) is 8.90. The van der Waals surface area contributed by atoms with Crippen LogP contribution in [0.3, 0.4) is 0 Å². The van der Waals surface area contributed by atoms with Crippen LogP contribution in [0.15, 0.2) is 83.7 Å². The van der Waals surface area contributed by atoms with Crippen molar-refractivity contribution in [1.29, 1.82) is 0 Å². The van der Waals surface area contributed by atoms with Gasteiger partial charge in [-0.25, -0.2) is 14.5 Å². The van der Waals surface area contributed by atoms with Crippen LogP contribution in [0, 0.1) is 13.8 Å². The molecule has 4 aromatic rings. The molecule has 6 rings (SSSR count). The molecule has 2 heterocycles. The zero-order chi connectivity index (χ0) is 32.4. The number of nitrogens with one attached hydrogen (secondary N) is 1. The molecule has 1 aliphatic carbocycles. The Hall–Kier alpha value is -4.58. The number of carbonyl (C=O) groups is 1. The van der Waals surface area contributed by atoms with Crippen molar-refractivity contribution < 1.29 is 22.7 Å². The van der Waals surface area contributed by atoms with Gasteiger partial charge in [-0.3, -0.25) is 0 Å². The van der Waals surface area contributed by atoms with Crippen molar-refractivity contribution in [3.05, 3.63) is 95.4 Å². The van der Waals surface area contributed by atoms with Crippen LogP contribution in [0.25, 0.3) is 22.6 Å². The lowest BCUT2D eigenvalue weighted by atomic mass is 10.0. The van der Waals surface area contributed by atoms with Crippen LogP contribution in [-0.2, 0) is 0 Å². The number of rotatable bonds is 6. The molecule has 2 amide bonds. The van der Waals surface area contributed by atoms with E-state index in [1.165, 1.54) is 35.3 Å². The normalized spacial score (nSPS) is 17.9. The van der Waals surface area contributed by atoms with Crippen molar-refractivity contribution in [2.45, 2.75) is 58.9 Å². The number of ether oxygens (including phenoxy) is 1. The molecular formula is C34H33F3N6O2S. The second-order valence-corrected chi connectivity index (χ2v) is 12.4. The summed E-state index contributed by atoms with van der Waals surface area (Å²) in [6.07, 6.45) is 0.295. The molecule has 46 heavy (non-hydrogen) atoms. The highest BCUT2D eigenvalue weighted by molar-refractivity contribution is 8.14. The van der Waals surface area contributed by atoms with E-state index >= 15 is 0 Å². The highest BCUT2D eigenvalue weighted by atomic mass is 32.2. The van der Waals surface area contributed by atoms with Crippen molar-refractivity contribution >= 4 is 34.2 Å². The van der Waals surface area contributed by atoms with Gasteiger partial charge in [-0.2, -0.15) is 4.99 Å². The van der Waals surface area contributed by atoms with E-state index in [-0.39, 0.29) is 17.8 Å². The topological polar surface area (TPSA) is 84.6 Å². The van der Waals surface area contributed by atoms with Crippen LogP contribution in [0.2, 0.25) is 0 Å². The van der Waals surface area contributed by atoms with Crippen molar-refractivity contribution in [2.24, 2.45) is 4.99 Å². The molecule has 1 atom stereocenters. The Bertz CT molecular complexity index is 1780. The van der Waals surface area contributed by atoms with Gasteiger partial charge >= 0.3 is 12.4 Å². The third-order valence-electron chi connectivity index (χ3n) is 8.09. The third-order valence-corrected chi connectivity index (χ3v) is 9.07. The van der Waals surface area contributed by atoms with Crippen molar-refractivity contribution in [3.8, 4) is 22.8 Å². The fourth-order valence-corrected chi connectivity index (χ4v) is 7.08. The third kappa shape index (κ3) is 6.96. The number of anilines is 1. The number of hydrogen-bond donors (Lipinski definition) is 1. The fraction of sp³-hybridized carbons (Fsp3) is 0.294. The summed E-state index contributed by atoms with van der Waals surface area (Å²) in [5.74, 6) is 1.07. The van der Waals surface area contributed by atoms with Gasteiger partial charge in [-0.1, -0.05) is 54.2 Å². The number of thioether (sulfide) groups is 1. The maximum atomic E-state index is 13.3. The number of urea groups is 1. The quantitative estimate of drug-likeness (QED) is 0.226. The van der Waals surface area contributed by atoms with Crippen LogP contribution in [0.1, 0.15) is 49.3 Å². The van der Waals surface area contributed by atoms with Crippen molar-refractivity contribution in [3.63, 3.8) is 0 Å². The summed E-state index contributed by atoms with van der Waals surface area (Å²) in [5, 5.41) is 8.30. The maximum absolute atomic E-state index is 13.3. The van der Waals surface area contributed by atoms with E-state index in [9.17, 15) is 18.0 Å². The number of aryl methyl sites for hydroxylation is 2. The van der Waals surface area contributed by atoms with E-state index in [2.05, 4.69) is 62.9 Å². The standard InChI is InChI=1S/C34H33F3N6O2S/c1-21-6-4-7-22(2)30(21)43-23(3)18-19-46-33(43)40-32(44)39-29-9-5-8-28(29)24-10-12-25(13-11-24)31-38-20-42(41-31)26-14-16-27(17-15-26)45-34(35,36)37/h4,6-7,10-17,20,23H,5,8-9,18-19H2,1-3H3,(H,39,44). The number of aliphatic imine (C=N–C) groups is 1. The number of amidine groups is 1. The number of aromatic nitrogens is 3. The van der Waals surface area contributed by atoms with E-state index in [4.69, 9.17) is 0 Å². The minimum absolute atomic E-state index is 0.228. The first kappa shape index (κ1) is 31.4. The van der Waals surface area contributed by atoms with E-state index in [0.717, 1.165) is 75.8 Å². The number of benzene rings is 3. The summed E-state index contributed by atoms with van der Waals surface area (Å²) in [7, 11) is 0. The molecule has 1 aromatic heterocycles. The van der Waals surface area contributed by atoms with E-state index in [1.807, 2.05) is 30.3 Å². The number of alkyl halides is 3. The number of carbonyl (C=O) groups excluding carboxylic acids is 1. The molecule has 238 valence electrons. The SMILES string of the molecule is Cc1cccc(C)c1N1C(=NC(=O)NC2=C(c3ccc(-c4ncn(-c5ccc(OC(F)(F)F)cc5)n4)cc3)CCC2)SCCC1C. The number of amides is 2. The number of halogens is 3. The molecule has 1 N–H and O–H groups in total. The first-order valence-electron chi connectivity index (χ1n) is 15.0. The van der Waals surface area contributed by atoms with Gasteiger partial charge in [0.2, 0.25) is 0 Å². The lowest BCUT2D eigenvalue weighted by molar-refractivity contribution is -0.274. The van der Waals surface area contributed by atoms with Crippen LogP contribution in [0.4, 0.5) is 23.7 Å². The molecule has 0 radical (unpaired) electrons. The predicted octanol–water partition coefficient (Wildman–Crippen LogP) is 8.44. The molecule has 12 heteroatoms. The molecule has 0 saturated carbocycles. The van der Waals surface area contributed by atoms with Crippen LogP contribution < -0.4 is 15.0 Å². The second-order valence-electron chi connectivity index (χ2n) is 11.4. The number of nitrogens with zero attached hydrogens (tertiary/aromatic N) is 5. The zero-order valence-corrected chi connectivity index (χ0v) is 26.5. The van der Waals surface area contributed by atoms with Crippen molar-refractivity contribution in [1.82, 2.24) is 20.1 Å². The van der Waals surface area contributed by atoms with Gasteiger partial charge in [0.1, 0.15) is 12.1 Å². The lowest BCUT2D eigenvalue weighted by Gasteiger charge is -2.37. The smallest absolute Gasteiger partial charge is 0.406 e. The first-order chi connectivity index (χ1) is 22.1. The molecule has 1 aliphatic heterocycles. The lowest BCUT2D eigenvalue weighted by Crippen LogP contribution is -2.43. The molecule has 3 aromatic carbocycles. The minimum atomic E-state index is -4.75. The van der Waals surface area contributed by atoms with E-state index < -0.39 is 6.36 Å². The van der Waals surface area contributed by atoms with Gasteiger partial charge in [-0.15, -0.1) is 18.3 Å². The molecule has 1 fully saturated rings. The van der Waals surface area contributed by atoms with Gasteiger partial charge in [0.25, 0.3) is 0 Å². The highest BCUT2D eigenvalue weighted by Crippen LogP contribution is 2.35. The Balaban J connectivity index is 1.17. The van der Waals surface area contributed by atoms with E-state index in [1.54, 1.807) is 11.8 Å². The van der Waals surface area contributed by atoms with Crippen LogP contribution >= 0.6 is 11.8 Å². The minimum Gasteiger partial charge on any atom is -0.406 e. The Morgan fingerprint density at radius 2 is 1.70 bits per heavy atom. The summed E-state index contributed by atoms with van der Waals surface area (Å²) >= 11 is 1.61. The van der Waals surface area contributed by atoms with E-state index in [0.29, 0.717) is 11.5 Å². The molecule has 2 aliphatic rings. The zero-order valence-electron chi connectivity index (χ0n) is 25.6. The predicted molar refractivity (Wildman–Crippen MR) is 175 cm³/mol. The maximum Gasteiger partial charge on any atom is 0.573 e. The summed E-state index contributed by atoms with van der Waals surface area (Å²) in [6.45, 7) is 6.36. The van der Waals surface area contributed by atoms with Crippen molar-refractivity contribution in [2.75, 3.05) is 10.7 Å². The molecule has 1 saturated heterocycles. The van der Waals surface area contributed by atoms with Gasteiger partial charge in [-0.05, 0) is 93.0 Å². The Labute approximate surface area is 269 Å². The molecule has 8 nitrogen and oxygen atoms in total. The number of hydrogen-bond acceptors (Lipinski definition) is 5. The average molecular weight is 647 g/mol. The molecule has 1 unspecified atom stereocenters. The number of allylic oxidation sites excluding steroid dienone is 2. The molecule has 0 bridgehead atoms. The van der Waals surface area contributed by atoms with Gasteiger partial charge in [0.05, 0.1) is 5.69 Å². The second kappa shape index (κ2) is 13.0. The Morgan fingerprint density at radius 1 is 1.00 bits per heavy atom. The molecular weight excluding hydrogens is 613 g/mol. The monoisotopic (exact) mass is 646 g/mol. The Morgan fingerprint density at radius 3 is 2.39 bits per heavy atom. The van der Waals surface area contributed by atoms with Crippen LogP contribution in [0.5, 0.6) is 5.75 Å². The molecule has 0 spiro atoms.